The lowest BCUT2D eigenvalue weighted by molar-refractivity contribution is 0.110. The van der Waals surface area contributed by atoms with Crippen LogP contribution in [0.5, 0.6) is 5.75 Å². The van der Waals surface area contributed by atoms with Crippen molar-refractivity contribution in [2.75, 3.05) is 6.54 Å². The molecule has 0 saturated heterocycles. The Morgan fingerprint density at radius 2 is 2.06 bits per heavy atom. The van der Waals surface area contributed by atoms with Crippen molar-refractivity contribution in [2.45, 2.75) is 44.8 Å². The molecule has 0 aromatic heterocycles. The van der Waals surface area contributed by atoms with Crippen LogP contribution in [0.15, 0.2) is 18.2 Å². The zero-order valence-corrected chi connectivity index (χ0v) is 10.6. The van der Waals surface area contributed by atoms with Crippen molar-refractivity contribution >= 4 is 0 Å². The van der Waals surface area contributed by atoms with E-state index in [1.807, 2.05) is 6.92 Å². The monoisotopic (exact) mass is 255 g/mol. The van der Waals surface area contributed by atoms with Crippen molar-refractivity contribution in [1.29, 1.82) is 0 Å². The first-order valence-electron chi connectivity index (χ1n) is 6.55. The van der Waals surface area contributed by atoms with Gasteiger partial charge in [0, 0.05) is 12.1 Å². The van der Waals surface area contributed by atoms with E-state index in [4.69, 9.17) is 4.74 Å². The van der Waals surface area contributed by atoms with Crippen molar-refractivity contribution in [3.05, 3.63) is 29.8 Å². The molecule has 2 rings (SSSR count). The molecule has 1 aromatic carbocycles. The number of benzene rings is 1. The molecular weight excluding hydrogens is 236 g/mol. The SMILES string of the molecule is CCNC1CCCCC1Oc1cc(F)ccc1F. The van der Waals surface area contributed by atoms with E-state index in [-0.39, 0.29) is 17.9 Å². The fourth-order valence-electron chi connectivity index (χ4n) is 2.46. The third-order valence-corrected chi connectivity index (χ3v) is 3.34. The summed E-state index contributed by atoms with van der Waals surface area (Å²) in [4.78, 5) is 0. The van der Waals surface area contributed by atoms with Crippen molar-refractivity contribution in [1.82, 2.24) is 5.32 Å². The van der Waals surface area contributed by atoms with Gasteiger partial charge in [0.05, 0.1) is 0 Å². The average Bonchev–Trinajstić information content (AvgIpc) is 2.36. The molecular formula is C14H19F2NO. The highest BCUT2D eigenvalue weighted by atomic mass is 19.1. The van der Waals surface area contributed by atoms with Gasteiger partial charge in [0.25, 0.3) is 0 Å². The third-order valence-electron chi connectivity index (χ3n) is 3.34. The lowest BCUT2D eigenvalue weighted by Crippen LogP contribution is -2.45. The van der Waals surface area contributed by atoms with Gasteiger partial charge in [-0.1, -0.05) is 13.3 Å². The Labute approximate surface area is 106 Å². The van der Waals surface area contributed by atoms with Gasteiger partial charge in [0.1, 0.15) is 11.9 Å². The average molecular weight is 255 g/mol. The molecule has 1 aliphatic rings. The predicted octanol–water partition coefficient (Wildman–Crippen LogP) is 3.26. The lowest BCUT2D eigenvalue weighted by atomic mass is 9.92. The first kappa shape index (κ1) is 13.3. The Morgan fingerprint density at radius 3 is 2.83 bits per heavy atom. The number of likely N-dealkylation sites (N-methyl/N-ethyl adjacent to an activating group) is 1. The Morgan fingerprint density at radius 1 is 1.28 bits per heavy atom. The molecule has 0 aliphatic heterocycles. The van der Waals surface area contributed by atoms with Crippen LogP contribution >= 0.6 is 0 Å². The van der Waals surface area contributed by atoms with Crippen LogP contribution < -0.4 is 10.1 Å². The van der Waals surface area contributed by atoms with Gasteiger partial charge in [-0.25, -0.2) is 8.78 Å². The minimum atomic E-state index is -0.503. The Kier molecular flexibility index (Phi) is 4.53. The van der Waals surface area contributed by atoms with Crippen LogP contribution in [0, 0.1) is 11.6 Å². The van der Waals surface area contributed by atoms with Crippen molar-refractivity contribution in [3.8, 4) is 5.75 Å². The number of ether oxygens (including phenoxy) is 1. The number of hydrogen-bond acceptors (Lipinski definition) is 2. The summed E-state index contributed by atoms with van der Waals surface area (Å²) < 4.78 is 32.3. The van der Waals surface area contributed by atoms with Gasteiger partial charge in [-0.2, -0.15) is 0 Å². The normalized spacial score (nSPS) is 23.9. The van der Waals surface area contributed by atoms with Crippen LogP contribution in [0.3, 0.4) is 0 Å². The zero-order valence-electron chi connectivity index (χ0n) is 10.6. The molecule has 2 unspecified atom stereocenters. The van der Waals surface area contributed by atoms with Gasteiger partial charge < -0.3 is 10.1 Å². The number of halogens is 2. The van der Waals surface area contributed by atoms with Crippen LogP contribution in [0.1, 0.15) is 32.6 Å². The summed E-state index contributed by atoms with van der Waals surface area (Å²) in [6, 6.07) is 3.56. The van der Waals surface area contributed by atoms with Crippen LogP contribution in [-0.4, -0.2) is 18.7 Å². The van der Waals surface area contributed by atoms with Gasteiger partial charge in [-0.3, -0.25) is 0 Å². The Bertz CT molecular complexity index is 395. The lowest BCUT2D eigenvalue weighted by Gasteiger charge is -2.32. The molecule has 2 nitrogen and oxygen atoms in total. The molecule has 1 aliphatic carbocycles. The highest BCUT2D eigenvalue weighted by Crippen LogP contribution is 2.26. The number of nitrogens with one attached hydrogen (secondary N) is 1. The van der Waals surface area contributed by atoms with E-state index in [0.717, 1.165) is 50.4 Å². The highest BCUT2D eigenvalue weighted by Gasteiger charge is 2.26. The fraction of sp³-hybridized carbons (Fsp3) is 0.571. The summed E-state index contributed by atoms with van der Waals surface area (Å²) in [5, 5.41) is 3.35. The van der Waals surface area contributed by atoms with E-state index in [1.54, 1.807) is 0 Å². The smallest absolute Gasteiger partial charge is 0.165 e. The quantitative estimate of drug-likeness (QED) is 0.891. The van der Waals surface area contributed by atoms with E-state index < -0.39 is 11.6 Å². The molecule has 18 heavy (non-hydrogen) atoms. The summed E-state index contributed by atoms with van der Waals surface area (Å²) in [5.41, 5.74) is 0. The van der Waals surface area contributed by atoms with Crippen LogP contribution in [-0.2, 0) is 0 Å². The van der Waals surface area contributed by atoms with Crippen molar-refractivity contribution < 1.29 is 13.5 Å². The largest absolute Gasteiger partial charge is 0.486 e. The summed E-state index contributed by atoms with van der Waals surface area (Å²) in [7, 11) is 0. The van der Waals surface area contributed by atoms with Crippen LogP contribution in [0.25, 0.3) is 0 Å². The second-order valence-corrected chi connectivity index (χ2v) is 4.68. The predicted molar refractivity (Wildman–Crippen MR) is 66.7 cm³/mol. The van der Waals surface area contributed by atoms with Crippen LogP contribution in [0.4, 0.5) is 8.78 Å². The first-order valence-corrected chi connectivity index (χ1v) is 6.55. The molecule has 0 radical (unpaired) electrons. The summed E-state index contributed by atoms with van der Waals surface area (Å²) in [5.74, 6) is -0.954. The zero-order chi connectivity index (χ0) is 13.0. The first-order chi connectivity index (χ1) is 8.70. The van der Waals surface area contributed by atoms with Gasteiger partial charge >= 0.3 is 0 Å². The fourth-order valence-corrected chi connectivity index (χ4v) is 2.46. The minimum absolute atomic E-state index is 0.0183. The molecule has 1 saturated carbocycles. The summed E-state index contributed by atoms with van der Waals surface area (Å²) >= 11 is 0. The van der Waals surface area contributed by atoms with E-state index in [1.165, 1.54) is 0 Å². The highest BCUT2D eigenvalue weighted by molar-refractivity contribution is 5.25. The summed E-state index contributed by atoms with van der Waals surface area (Å²) in [6.07, 6.45) is 4.06. The van der Waals surface area contributed by atoms with E-state index in [9.17, 15) is 8.78 Å². The minimum Gasteiger partial charge on any atom is -0.486 e. The summed E-state index contributed by atoms with van der Waals surface area (Å²) in [6.45, 7) is 2.89. The molecule has 1 fully saturated rings. The Balaban J connectivity index is 2.08. The second kappa shape index (κ2) is 6.14. The van der Waals surface area contributed by atoms with Gasteiger partial charge in [-0.05, 0) is 37.9 Å². The number of rotatable bonds is 4. The molecule has 0 spiro atoms. The Hall–Kier alpha value is -1.16. The van der Waals surface area contributed by atoms with Crippen LogP contribution in [0.2, 0.25) is 0 Å². The van der Waals surface area contributed by atoms with Gasteiger partial charge in [0.15, 0.2) is 11.6 Å². The maximum absolute atomic E-state index is 13.5. The topological polar surface area (TPSA) is 21.3 Å². The van der Waals surface area contributed by atoms with E-state index >= 15 is 0 Å². The van der Waals surface area contributed by atoms with E-state index in [0.29, 0.717) is 0 Å². The third kappa shape index (κ3) is 3.19. The molecule has 0 amide bonds. The molecule has 0 bridgehead atoms. The van der Waals surface area contributed by atoms with Crippen molar-refractivity contribution in [3.63, 3.8) is 0 Å². The molecule has 4 heteroatoms. The molecule has 1 aromatic rings. The van der Waals surface area contributed by atoms with Crippen molar-refractivity contribution in [2.24, 2.45) is 0 Å². The molecule has 0 heterocycles. The molecule has 2 atom stereocenters. The van der Waals surface area contributed by atoms with Gasteiger partial charge in [0.2, 0.25) is 0 Å². The second-order valence-electron chi connectivity index (χ2n) is 4.68. The maximum Gasteiger partial charge on any atom is 0.165 e. The van der Waals surface area contributed by atoms with Gasteiger partial charge in [-0.15, -0.1) is 0 Å². The van der Waals surface area contributed by atoms with E-state index in [2.05, 4.69) is 5.32 Å². The maximum atomic E-state index is 13.5. The number of hydrogen-bond donors (Lipinski definition) is 1. The molecule has 100 valence electrons. The standard InChI is InChI=1S/C14H19F2NO/c1-2-17-12-5-3-4-6-13(12)18-14-9-10(15)7-8-11(14)16/h7-9,12-13,17H,2-6H2,1H3. The molecule has 1 N–H and O–H groups in total.